The molecule has 0 aliphatic heterocycles. The van der Waals surface area contributed by atoms with Crippen LogP contribution in [0.25, 0.3) is 0 Å². The zero-order valence-corrected chi connectivity index (χ0v) is 10.6. The summed E-state index contributed by atoms with van der Waals surface area (Å²) in [5.74, 6) is -0.967. The lowest BCUT2D eigenvalue weighted by Gasteiger charge is -2.24. The van der Waals surface area contributed by atoms with Crippen LogP contribution in [0, 0.1) is 13.8 Å². The molecule has 18 heavy (non-hydrogen) atoms. The summed E-state index contributed by atoms with van der Waals surface area (Å²) in [6.45, 7) is 3.39. The van der Waals surface area contributed by atoms with Gasteiger partial charge < -0.3 is 9.67 Å². The lowest BCUT2D eigenvalue weighted by atomic mass is 9.99. The fourth-order valence-electron chi connectivity index (χ4n) is 2.69. The van der Waals surface area contributed by atoms with Crippen molar-refractivity contribution in [3.05, 3.63) is 45.4 Å². The zero-order valence-electron chi connectivity index (χ0n) is 10.6. The molecule has 0 radical (unpaired) electrons. The molecule has 4 heteroatoms. The lowest BCUT2D eigenvalue weighted by Crippen LogP contribution is -2.29. The monoisotopic (exact) mass is 247 g/mol. The van der Waals surface area contributed by atoms with Gasteiger partial charge in [-0.15, -0.1) is 0 Å². The van der Waals surface area contributed by atoms with E-state index in [0.29, 0.717) is 11.3 Å². The average Bonchev–Trinajstić information content (AvgIpc) is 2.28. The molecule has 1 unspecified atom stereocenters. The number of carboxylic acids is 1. The quantitative estimate of drug-likeness (QED) is 0.816. The number of hydrogen-bond acceptors (Lipinski definition) is 2. The summed E-state index contributed by atoms with van der Waals surface area (Å²) >= 11 is 0. The van der Waals surface area contributed by atoms with Gasteiger partial charge in [0, 0.05) is 17.8 Å². The maximum Gasteiger partial charge on any atom is 0.337 e. The van der Waals surface area contributed by atoms with Gasteiger partial charge in [-0.3, -0.25) is 4.79 Å². The largest absolute Gasteiger partial charge is 0.478 e. The second-order valence-corrected chi connectivity index (χ2v) is 4.74. The molecule has 1 aromatic heterocycles. The summed E-state index contributed by atoms with van der Waals surface area (Å²) in [5, 5.41) is 9.23. The van der Waals surface area contributed by atoms with Crippen molar-refractivity contribution in [3.63, 3.8) is 0 Å². The van der Waals surface area contributed by atoms with Gasteiger partial charge in [-0.2, -0.15) is 0 Å². The van der Waals surface area contributed by atoms with Crippen LogP contribution in [0.3, 0.4) is 0 Å². The van der Waals surface area contributed by atoms with Crippen LogP contribution in [-0.4, -0.2) is 15.6 Å². The van der Waals surface area contributed by atoms with Gasteiger partial charge in [0.25, 0.3) is 5.56 Å². The number of aryl methyl sites for hydroxylation is 1. The van der Waals surface area contributed by atoms with E-state index in [-0.39, 0.29) is 17.2 Å². The first-order valence-corrected chi connectivity index (χ1v) is 6.13. The fourth-order valence-corrected chi connectivity index (χ4v) is 2.69. The van der Waals surface area contributed by atoms with Crippen LogP contribution in [-0.2, 0) is 0 Å². The predicted octanol–water partition coefficient (Wildman–Crippen LogP) is 2.44. The first-order valence-electron chi connectivity index (χ1n) is 6.13. The van der Waals surface area contributed by atoms with Crippen molar-refractivity contribution in [1.82, 2.24) is 4.57 Å². The van der Waals surface area contributed by atoms with Crippen LogP contribution in [0.15, 0.2) is 23.0 Å². The van der Waals surface area contributed by atoms with E-state index in [1.54, 1.807) is 18.4 Å². The highest BCUT2D eigenvalue weighted by molar-refractivity contribution is 5.90. The number of hydrogen-bond donors (Lipinski definition) is 1. The average molecular weight is 247 g/mol. The normalized spacial score (nSPS) is 18.9. The van der Waals surface area contributed by atoms with Crippen molar-refractivity contribution in [2.75, 3.05) is 0 Å². The molecule has 96 valence electrons. The lowest BCUT2D eigenvalue weighted by molar-refractivity contribution is 0.0693. The van der Waals surface area contributed by atoms with Crippen LogP contribution in [0.2, 0.25) is 0 Å². The first kappa shape index (κ1) is 12.6. The topological polar surface area (TPSA) is 59.3 Å². The molecule has 1 aromatic rings. The van der Waals surface area contributed by atoms with Gasteiger partial charge in [-0.25, -0.2) is 4.79 Å². The molecule has 2 rings (SSSR count). The maximum absolute atomic E-state index is 12.1. The van der Waals surface area contributed by atoms with E-state index in [1.807, 2.05) is 0 Å². The number of allylic oxidation sites excluding steroid dienone is 2. The van der Waals surface area contributed by atoms with E-state index in [9.17, 15) is 14.7 Å². The number of aromatic nitrogens is 1. The summed E-state index contributed by atoms with van der Waals surface area (Å²) in [7, 11) is 0. The molecule has 1 heterocycles. The molecule has 1 N–H and O–H groups in total. The number of pyridine rings is 1. The minimum absolute atomic E-state index is 0.0844. The number of nitrogens with zero attached hydrogens (tertiary/aromatic N) is 1. The minimum atomic E-state index is -0.967. The van der Waals surface area contributed by atoms with Crippen molar-refractivity contribution in [2.24, 2.45) is 0 Å². The molecule has 0 bridgehead atoms. The Labute approximate surface area is 106 Å². The third-order valence-electron chi connectivity index (χ3n) is 3.52. The SMILES string of the molecule is Cc1cc(=O)n(C2CC=CCC2)c(C)c1C(=O)O. The molecule has 1 atom stereocenters. The van der Waals surface area contributed by atoms with Crippen LogP contribution in [0.4, 0.5) is 0 Å². The van der Waals surface area contributed by atoms with Crippen LogP contribution < -0.4 is 5.56 Å². The Kier molecular flexibility index (Phi) is 3.36. The fraction of sp³-hybridized carbons (Fsp3) is 0.429. The van der Waals surface area contributed by atoms with E-state index in [0.717, 1.165) is 19.3 Å². The highest BCUT2D eigenvalue weighted by Crippen LogP contribution is 2.25. The van der Waals surface area contributed by atoms with Gasteiger partial charge >= 0.3 is 5.97 Å². The zero-order chi connectivity index (χ0) is 13.3. The van der Waals surface area contributed by atoms with Crippen molar-refractivity contribution in [3.8, 4) is 0 Å². The molecule has 0 saturated heterocycles. The van der Waals surface area contributed by atoms with Crippen LogP contribution >= 0.6 is 0 Å². The van der Waals surface area contributed by atoms with Crippen molar-refractivity contribution in [1.29, 1.82) is 0 Å². The molecular formula is C14H17NO3. The molecule has 0 fully saturated rings. The predicted molar refractivity (Wildman–Crippen MR) is 69.2 cm³/mol. The van der Waals surface area contributed by atoms with Gasteiger partial charge in [-0.05, 0) is 38.7 Å². The van der Waals surface area contributed by atoms with E-state index in [1.165, 1.54) is 6.07 Å². The number of aromatic carboxylic acids is 1. The Morgan fingerprint density at radius 1 is 1.39 bits per heavy atom. The molecule has 0 saturated carbocycles. The van der Waals surface area contributed by atoms with Gasteiger partial charge in [0.2, 0.25) is 0 Å². The van der Waals surface area contributed by atoms with E-state index in [4.69, 9.17) is 0 Å². The van der Waals surface area contributed by atoms with Crippen molar-refractivity contribution >= 4 is 5.97 Å². The molecule has 0 aromatic carbocycles. The summed E-state index contributed by atoms with van der Waals surface area (Å²) in [5.41, 5.74) is 1.25. The first-order chi connectivity index (χ1) is 8.52. The third-order valence-corrected chi connectivity index (χ3v) is 3.52. The molecule has 1 aliphatic rings. The van der Waals surface area contributed by atoms with Gasteiger partial charge in [0.05, 0.1) is 5.56 Å². The number of carboxylic acid groups (broad SMARTS) is 1. The second-order valence-electron chi connectivity index (χ2n) is 4.74. The van der Waals surface area contributed by atoms with Crippen molar-refractivity contribution in [2.45, 2.75) is 39.2 Å². The summed E-state index contributed by atoms with van der Waals surface area (Å²) in [6, 6.07) is 1.51. The van der Waals surface area contributed by atoms with E-state index < -0.39 is 5.97 Å². The minimum Gasteiger partial charge on any atom is -0.478 e. The Morgan fingerprint density at radius 3 is 2.67 bits per heavy atom. The van der Waals surface area contributed by atoms with Crippen molar-refractivity contribution < 1.29 is 9.90 Å². The number of rotatable bonds is 2. The second kappa shape index (κ2) is 4.80. The molecule has 1 aliphatic carbocycles. The summed E-state index contributed by atoms with van der Waals surface area (Å²) in [4.78, 5) is 23.3. The third kappa shape index (κ3) is 2.10. The highest BCUT2D eigenvalue weighted by atomic mass is 16.4. The van der Waals surface area contributed by atoms with E-state index in [2.05, 4.69) is 12.2 Å². The molecule has 0 amide bonds. The van der Waals surface area contributed by atoms with Crippen LogP contribution in [0.5, 0.6) is 0 Å². The summed E-state index contributed by atoms with van der Waals surface area (Å²) in [6.07, 6.45) is 6.78. The smallest absolute Gasteiger partial charge is 0.337 e. The Morgan fingerprint density at radius 2 is 2.11 bits per heavy atom. The van der Waals surface area contributed by atoms with Crippen LogP contribution in [0.1, 0.15) is 46.9 Å². The molecule has 4 nitrogen and oxygen atoms in total. The highest BCUT2D eigenvalue weighted by Gasteiger charge is 2.21. The Balaban J connectivity index is 2.60. The standard InChI is InChI=1S/C14H17NO3/c1-9-8-12(16)15(10(2)13(9)14(17)18)11-6-4-3-5-7-11/h3-4,8,11H,5-7H2,1-2H3,(H,17,18). The Bertz CT molecular complexity index is 569. The van der Waals surface area contributed by atoms with Gasteiger partial charge in [-0.1, -0.05) is 12.2 Å². The Hall–Kier alpha value is -1.84. The number of carbonyl (C=O) groups is 1. The molecule has 0 spiro atoms. The van der Waals surface area contributed by atoms with Gasteiger partial charge in [0.1, 0.15) is 0 Å². The van der Waals surface area contributed by atoms with Gasteiger partial charge in [0.15, 0.2) is 0 Å². The van der Waals surface area contributed by atoms with E-state index >= 15 is 0 Å². The molecular weight excluding hydrogens is 230 g/mol. The maximum atomic E-state index is 12.1. The summed E-state index contributed by atoms with van der Waals surface area (Å²) < 4.78 is 1.64.